The molecule has 3 N–H and O–H groups in total. The van der Waals surface area contributed by atoms with Crippen molar-refractivity contribution in [2.75, 3.05) is 31.9 Å². The Balaban J connectivity index is 1.81. The number of rotatable bonds is 5. The molecule has 0 radical (unpaired) electrons. The van der Waals surface area contributed by atoms with Gasteiger partial charge in [-0.25, -0.2) is 4.39 Å². The third-order valence-corrected chi connectivity index (χ3v) is 3.93. The van der Waals surface area contributed by atoms with E-state index in [-0.39, 0.29) is 17.2 Å². The number of benzene rings is 1. The first-order valence-electron chi connectivity index (χ1n) is 7.62. The fourth-order valence-electron chi connectivity index (χ4n) is 2.74. The monoisotopic (exact) mass is 293 g/mol. The van der Waals surface area contributed by atoms with Crippen LogP contribution in [-0.2, 0) is 0 Å². The van der Waals surface area contributed by atoms with Gasteiger partial charge in [0.1, 0.15) is 5.82 Å². The molecule has 116 valence electrons. The van der Waals surface area contributed by atoms with Crippen LogP contribution in [0, 0.1) is 11.7 Å². The minimum Gasteiger partial charge on any atom is -0.396 e. The van der Waals surface area contributed by atoms with Crippen molar-refractivity contribution < 1.29 is 9.18 Å². The summed E-state index contributed by atoms with van der Waals surface area (Å²) < 4.78 is 13.3. The Morgan fingerprint density at radius 2 is 2.10 bits per heavy atom. The van der Waals surface area contributed by atoms with Crippen LogP contribution >= 0.6 is 0 Å². The van der Waals surface area contributed by atoms with Crippen LogP contribution in [0.1, 0.15) is 36.5 Å². The van der Waals surface area contributed by atoms with Gasteiger partial charge in [-0.05, 0) is 44.0 Å². The van der Waals surface area contributed by atoms with Crippen molar-refractivity contribution >= 4 is 11.6 Å². The predicted molar refractivity (Wildman–Crippen MR) is 82.6 cm³/mol. The number of halogens is 1. The lowest BCUT2D eigenvalue weighted by Gasteiger charge is -2.29. The summed E-state index contributed by atoms with van der Waals surface area (Å²) in [6, 6.07) is 4.30. The summed E-state index contributed by atoms with van der Waals surface area (Å²) in [5.41, 5.74) is 5.72. The molecular formula is C16H24FN3O. The van der Waals surface area contributed by atoms with Gasteiger partial charge in [-0.3, -0.25) is 4.79 Å². The van der Waals surface area contributed by atoms with E-state index < -0.39 is 5.82 Å². The Hall–Kier alpha value is -1.62. The number of nitrogen functional groups attached to an aromatic ring is 1. The molecule has 0 bridgehead atoms. The van der Waals surface area contributed by atoms with E-state index in [1.54, 1.807) is 6.07 Å². The summed E-state index contributed by atoms with van der Waals surface area (Å²) in [6.45, 7) is 5.97. The maximum Gasteiger partial charge on any atom is 0.253 e. The molecule has 0 spiro atoms. The van der Waals surface area contributed by atoms with Crippen LogP contribution in [0.3, 0.4) is 0 Å². The highest BCUT2D eigenvalue weighted by Gasteiger charge is 2.16. The molecule has 1 unspecified atom stereocenters. The Bertz CT molecular complexity index is 486. The van der Waals surface area contributed by atoms with Crippen LogP contribution in [-0.4, -0.2) is 37.0 Å². The lowest BCUT2D eigenvalue weighted by atomic mass is 10.1. The standard InChI is InChI=1S/C16H24FN3O/c1-12(11-20-8-3-2-4-9-20)10-19-16(21)13-6-5-7-14(17)15(13)18/h5-7,12H,2-4,8-11,18H2,1H3,(H,19,21). The zero-order valence-corrected chi connectivity index (χ0v) is 12.6. The third kappa shape index (κ3) is 4.43. The first-order valence-corrected chi connectivity index (χ1v) is 7.62. The van der Waals surface area contributed by atoms with Gasteiger partial charge < -0.3 is 16.0 Å². The van der Waals surface area contributed by atoms with E-state index >= 15 is 0 Å². The molecule has 1 amide bonds. The number of carbonyl (C=O) groups is 1. The smallest absolute Gasteiger partial charge is 0.253 e. The molecule has 1 aromatic carbocycles. The lowest BCUT2D eigenvalue weighted by molar-refractivity contribution is 0.0943. The third-order valence-electron chi connectivity index (χ3n) is 3.93. The van der Waals surface area contributed by atoms with Gasteiger partial charge in [0.05, 0.1) is 11.3 Å². The largest absolute Gasteiger partial charge is 0.396 e. The number of anilines is 1. The Morgan fingerprint density at radius 3 is 2.81 bits per heavy atom. The van der Waals surface area contributed by atoms with E-state index in [0.717, 1.165) is 19.6 Å². The average molecular weight is 293 g/mol. The molecule has 2 rings (SSSR count). The van der Waals surface area contributed by atoms with Crippen LogP contribution in [0.2, 0.25) is 0 Å². The Kier molecular flexibility index (Phi) is 5.56. The van der Waals surface area contributed by atoms with Gasteiger partial charge in [0, 0.05) is 13.1 Å². The predicted octanol–water partition coefficient (Wildman–Crippen LogP) is 2.26. The van der Waals surface area contributed by atoms with Crippen LogP contribution < -0.4 is 11.1 Å². The second-order valence-corrected chi connectivity index (χ2v) is 5.88. The maximum absolute atomic E-state index is 13.3. The second-order valence-electron chi connectivity index (χ2n) is 5.88. The molecule has 0 aromatic heterocycles. The van der Waals surface area contributed by atoms with Gasteiger partial charge in [-0.15, -0.1) is 0 Å². The van der Waals surface area contributed by atoms with Gasteiger partial charge in [-0.2, -0.15) is 0 Å². The molecule has 0 aliphatic carbocycles. The summed E-state index contributed by atoms with van der Waals surface area (Å²) in [6.07, 6.45) is 3.85. The number of nitrogens with zero attached hydrogens (tertiary/aromatic N) is 1. The number of likely N-dealkylation sites (tertiary alicyclic amines) is 1. The number of piperidine rings is 1. The van der Waals surface area contributed by atoms with E-state index in [4.69, 9.17) is 5.73 Å². The molecular weight excluding hydrogens is 269 g/mol. The number of para-hydroxylation sites is 1. The van der Waals surface area contributed by atoms with Crippen LogP contribution in [0.15, 0.2) is 18.2 Å². The minimum atomic E-state index is -0.552. The van der Waals surface area contributed by atoms with Gasteiger partial charge >= 0.3 is 0 Å². The molecule has 1 aliphatic rings. The fourth-order valence-corrected chi connectivity index (χ4v) is 2.74. The summed E-state index contributed by atoms with van der Waals surface area (Å²) in [7, 11) is 0. The van der Waals surface area contributed by atoms with Crippen molar-refractivity contribution in [2.45, 2.75) is 26.2 Å². The zero-order chi connectivity index (χ0) is 15.2. The second kappa shape index (κ2) is 7.41. The lowest BCUT2D eigenvalue weighted by Crippen LogP contribution is -2.38. The van der Waals surface area contributed by atoms with Crippen LogP contribution in [0.4, 0.5) is 10.1 Å². The number of amides is 1. The molecule has 0 saturated carbocycles. The molecule has 1 atom stereocenters. The quantitative estimate of drug-likeness (QED) is 0.819. The molecule has 1 heterocycles. The summed E-state index contributed by atoms with van der Waals surface area (Å²) in [5, 5.41) is 2.84. The first-order chi connectivity index (χ1) is 10.1. The van der Waals surface area contributed by atoms with Crippen molar-refractivity contribution in [3.05, 3.63) is 29.6 Å². The SMILES string of the molecule is CC(CNC(=O)c1cccc(F)c1N)CN1CCCCC1. The van der Waals surface area contributed by atoms with Gasteiger partial charge in [-0.1, -0.05) is 19.4 Å². The van der Waals surface area contributed by atoms with E-state index in [9.17, 15) is 9.18 Å². The van der Waals surface area contributed by atoms with Crippen molar-refractivity contribution in [2.24, 2.45) is 5.92 Å². The zero-order valence-electron chi connectivity index (χ0n) is 12.6. The molecule has 4 nitrogen and oxygen atoms in total. The molecule has 21 heavy (non-hydrogen) atoms. The van der Waals surface area contributed by atoms with Gasteiger partial charge in [0.25, 0.3) is 5.91 Å². The normalized spacial score (nSPS) is 17.4. The highest BCUT2D eigenvalue weighted by Crippen LogP contribution is 2.16. The van der Waals surface area contributed by atoms with E-state index in [1.807, 2.05) is 0 Å². The van der Waals surface area contributed by atoms with Crippen LogP contribution in [0.5, 0.6) is 0 Å². The molecule has 1 aromatic rings. The molecule has 1 aliphatic heterocycles. The van der Waals surface area contributed by atoms with Crippen LogP contribution in [0.25, 0.3) is 0 Å². The van der Waals surface area contributed by atoms with Crippen molar-refractivity contribution in [3.8, 4) is 0 Å². The van der Waals surface area contributed by atoms with E-state index in [1.165, 1.54) is 31.4 Å². The maximum atomic E-state index is 13.3. The molecule has 1 fully saturated rings. The average Bonchev–Trinajstić information content (AvgIpc) is 2.48. The van der Waals surface area contributed by atoms with Gasteiger partial charge in [0.15, 0.2) is 0 Å². The number of nitrogens with two attached hydrogens (primary N) is 1. The van der Waals surface area contributed by atoms with Crippen molar-refractivity contribution in [3.63, 3.8) is 0 Å². The Labute approximate surface area is 125 Å². The summed E-state index contributed by atoms with van der Waals surface area (Å²) in [4.78, 5) is 14.5. The number of nitrogens with one attached hydrogen (secondary N) is 1. The number of carbonyl (C=O) groups excluding carboxylic acids is 1. The topological polar surface area (TPSA) is 58.4 Å². The molecule has 5 heteroatoms. The highest BCUT2D eigenvalue weighted by atomic mass is 19.1. The number of hydrogen-bond acceptors (Lipinski definition) is 3. The fraction of sp³-hybridized carbons (Fsp3) is 0.562. The van der Waals surface area contributed by atoms with Crippen molar-refractivity contribution in [1.29, 1.82) is 0 Å². The minimum absolute atomic E-state index is 0.0846. The summed E-state index contributed by atoms with van der Waals surface area (Å²) >= 11 is 0. The highest BCUT2D eigenvalue weighted by molar-refractivity contribution is 5.99. The summed E-state index contributed by atoms with van der Waals surface area (Å²) in [5.74, 6) is -0.497. The Morgan fingerprint density at radius 1 is 1.38 bits per heavy atom. The van der Waals surface area contributed by atoms with E-state index in [2.05, 4.69) is 17.1 Å². The molecule has 1 saturated heterocycles. The van der Waals surface area contributed by atoms with Gasteiger partial charge in [0.2, 0.25) is 0 Å². The first kappa shape index (κ1) is 15.8. The van der Waals surface area contributed by atoms with E-state index in [0.29, 0.717) is 12.5 Å². The van der Waals surface area contributed by atoms with Crippen molar-refractivity contribution in [1.82, 2.24) is 10.2 Å². The number of hydrogen-bond donors (Lipinski definition) is 2.